The fourth-order valence-corrected chi connectivity index (χ4v) is 13.6. The van der Waals surface area contributed by atoms with Crippen molar-refractivity contribution >= 4 is 5.78 Å². The molecule has 7 rings (SSSR count). The van der Waals surface area contributed by atoms with Crippen molar-refractivity contribution in [3.8, 4) is 0 Å². The van der Waals surface area contributed by atoms with Gasteiger partial charge in [-0.05, 0) is 136 Å². The number of unbranched alkanes of at least 4 members (excludes halogenated alkanes) is 3. The van der Waals surface area contributed by atoms with Crippen LogP contribution in [0.15, 0.2) is 35.6 Å². The minimum absolute atomic E-state index is 0.0585. The summed E-state index contributed by atoms with van der Waals surface area (Å²) in [5.41, 5.74) is 3.72. The molecular weight excluding hydrogens is 668 g/mol. The number of carbonyl (C=O) groups excluding carboxylic acids is 1. The van der Waals surface area contributed by atoms with Crippen LogP contribution in [-0.4, -0.2) is 79.7 Å². The Kier molecular flexibility index (Phi) is 11.5. The first-order valence-corrected chi connectivity index (χ1v) is 21.6. The van der Waals surface area contributed by atoms with Gasteiger partial charge in [0.25, 0.3) is 0 Å². The topological polar surface area (TPSA) is 166 Å². The second-order valence-corrected chi connectivity index (χ2v) is 19.0. The van der Waals surface area contributed by atoms with E-state index in [1.54, 1.807) is 13.0 Å². The molecule has 4 saturated carbocycles. The Labute approximate surface area is 317 Å². The maximum Gasteiger partial charge on any atom is 0.159 e. The van der Waals surface area contributed by atoms with Crippen LogP contribution in [0.3, 0.4) is 0 Å². The zero-order chi connectivity index (χ0) is 37.8. The van der Waals surface area contributed by atoms with Gasteiger partial charge in [-0.25, -0.2) is 0 Å². The number of ether oxygens (including phenoxy) is 1. The predicted molar refractivity (Wildman–Crippen MR) is 205 cm³/mol. The molecule has 0 radical (unpaired) electrons. The molecule has 8 N–H and O–H groups in total. The largest absolute Gasteiger partial charge is 0.390 e. The van der Waals surface area contributed by atoms with Crippen molar-refractivity contribution in [1.29, 1.82) is 0 Å². The van der Waals surface area contributed by atoms with Crippen molar-refractivity contribution in [2.24, 2.45) is 52.1 Å². The fraction of sp³-hybridized carbons (Fsp3) is 0.841. The van der Waals surface area contributed by atoms with Crippen LogP contribution in [0.1, 0.15) is 136 Å². The molecule has 0 spiro atoms. The number of ketones is 1. The summed E-state index contributed by atoms with van der Waals surface area (Å²) in [6, 6.07) is 0. The smallest absolute Gasteiger partial charge is 0.159 e. The number of nitrogens with one attached hydrogen (secondary N) is 1. The number of dihydropyridines is 1. The van der Waals surface area contributed by atoms with Gasteiger partial charge in [0.2, 0.25) is 0 Å². The standard InChI is InChI=1S/C44H70N2O7/c1-4-5-6-8-11-29-26-53-39(27(29)2)40(50)41(3,51)37-18-21-44(52)32-22-34(47)33-23-35(48)36(49)24-42(33,19-16-28-14-15-38(45)46-25-28)31(32)17-20-43(37,44)30-12-9-7-10-13-30/h14-15,22,25,27,29-31,33,35-40,46,48-52H,4-13,16-21,23-24,26,45H2,1-3H3/t27-,29+,31-,33-,35+,36-,37+,38?,39+,40+,41+,42+,43-,44+/m0/s1. The van der Waals surface area contributed by atoms with Gasteiger partial charge >= 0.3 is 0 Å². The van der Waals surface area contributed by atoms with E-state index in [0.29, 0.717) is 51.0 Å². The van der Waals surface area contributed by atoms with E-state index >= 15 is 0 Å². The molecule has 0 aromatic heterocycles. The van der Waals surface area contributed by atoms with Crippen LogP contribution < -0.4 is 11.1 Å². The van der Waals surface area contributed by atoms with E-state index in [2.05, 4.69) is 19.2 Å². The first kappa shape index (κ1) is 39.6. The molecule has 9 heteroatoms. The van der Waals surface area contributed by atoms with E-state index in [4.69, 9.17) is 10.5 Å². The van der Waals surface area contributed by atoms with E-state index < -0.39 is 52.4 Å². The van der Waals surface area contributed by atoms with Crippen molar-refractivity contribution < 1.29 is 35.1 Å². The number of aliphatic hydroxyl groups is 5. The van der Waals surface area contributed by atoms with Gasteiger partial charge < -0.3 is 41.3 Å². The highest BCUT2D eigenvalue weighted by Crippen LogP contribution is 2.73. The zero-order valence-corrected chi connectivity index (χ0v) is 32.7. The summed E-state index contributed by atoms with van der Waals surface area (Å²) in [7, 11) is 0. The molecule has 1 unspecified atom stereocenters. The van der Waals surface area contributed by atoms with Crippen molar-refractivity contribution in [3.63, 3.8) is 0 Å². The molecule has 0 bridgehead atoms. The molecule has 14 atom stereocenters. The summed E-state index contributed by atoms with van der Waals surface area (Å²) in [6.07, 6.45) is 19.2. The van der Waals surface area contributed by atoms with Crippen LogP contribution in [0.25, 0.3) is 0 Å². The lowest BCUT2D eigenvalue weighted by Gasteiger charge is -2.64. The van der Waals surface area contributed by atoms with Gasteiger partial charge in [-0.2, -0.15) is 0 Å². The third kappa shape index (κ3) is 6.64. The Balaban J connectivity index is 1.23. The lowest BCUT2D eigenvalue weighted by molar-refractivity contribution is -0.217. The minimum Gasteiger partial charge on any atom is -0.390 e. The van der Waals surface area contributed by atoms with Gasteiger partial charge in [-0.15, -0.1) is 0 Å². The van der Waals surface area contributed by atoms with Gasteiger partial charge in [0.05, 0.1) is 42.3 Å². The third-order valence-electron chi connectivity index (χ3n) is 16.4. The maximum atomic E-state index is 14.4. The highest BCUT2D eigenvalue weighted by Gasteiger charge is 2.73. The summed E-state index contributed by atoms with van der Waals surface area (Å²) in [6.45, 7) is 6.79. The number of nitrogens with two attached hydrogens (primary N) is 1. The molecule has 5 aliphatic carbocycles. The van der Waals surface area contributed by atoms with Crippen LogP contribution in [0.4, 0.5) is 0 Å². The molecule has 1 saturated heterocycles. The van der Waals surface area contributed by atoms with E-state index in [-0.39, 0.29) is 42.0 Å². The van der Waals surface area contributed by atoms with Gasteiger partial charge in [-0.1, -0.05) is 64.9 Å². The quantitative estimate of drug-likeness (QED) is 0.127. The monoisotopic (exact) mass is 739 g/mol. The zero-order valence-electron chi connectivity index (χ0n) is 32.7. The van der Waals surface area contributed by atoms with Crippen molar-refractivity contribution in [2.75, 3.05) is 6.61 Å². The normalized spacial score (nSPS) is 44.6. The van der Waals surface area contributed by atoms with Crippen LogP contribution in [0.2, 0.25) is 0 Å². The molecule has 5 fully saturated rings. The SMILES string of the molecule is CCCCCC[C@@H]1CO[C@@H]([C@@H](O)[C@](C)(O)[C@H]2CC[C@@]3(O)C4=CC(=O)[C@@H]5C[C@@H](O)[C@@H](O)C[C@]5(CCC5=CNC(N)C=C5)[C@H]4CC[C@]23C2CCCCC2)[C@H]1C. The van der Waals surface area contributed by atoms with Crippen molar-refractivity contribution in [1.82, 2.24) is 5.32 Å². The Morgan fingerprint density at radius 2 is 1.83 bits per heavy atom. The summed E-state index contributed by atoms with van der Waals surface area (Å²) >= 11 is 0. The first-order valence-electron chi connectivity index (χ1n) is 21.6. The van der Waals surface area contributed by atoms with Crippen LogP contribution in [0.5, 0.6) is 0 Å². The lowest BCUT2D eigenvalue weighted by Crippen LogP contribution is -2.67. The number of hydrogen-bond acceptors (Lipinski definition) is 9. The Hall–Kier alpha value is -1.59. The molecular formula is C44H70N2O7. The number of rotatable bonds is 12. The van der Waals surface area contributed by atoms with E-state index in [1.807, 2.05) is 18.4 Å². The van der Waals surface area contributed by atoms with Gasteiger partial charge in [0.15, 0.2) is 5.78 Å². The summed E-state index contributed by atoms with van der Waals surface area (Å²) in [5.74, 6) is -0.405. The summed E-state index contributed by atoms with van der Waals surface area (Å²) < 4.78 is 6.36. The third-order valence-corrected chi connectivity index (χ3v) is 16.4. The van der Waals surface area contributed by atoms with Crippen molar-refractivity contribution in [2.45, 2.75) is 178 Å². The fourth-order valence-electron chi connectivity index (χ4n) is 13.6. The number of allylic oxidation sites excluding steroid dienone is 3. The molecule has 53 heavy (non-hydrogen) atoms. The summed E-state index contributed by atoms with van der Waals surface area (Å²) in [4.78, 5) is 14.4. The summed E-state index contributed by atoms with van der Waals surface area (Å²) in [5, 5.41) is 64.0. The first-order chi connectivity index (χ1) is 25.3. The van der Waals surface area contributed by atoms with Crippen LogP contribution in [0, 0.1) is 46.3 Å². The second-order valence-electron chi connectivity index (χ2n) is 19.0. The van der Waals surface area contributed by atoms with E-state index in [1.165, 1.54) is 19.3 Å². The van der Waals surface area contributed by atoms with Gasteiger partial charge in [0.1, 0.15) is 6.10 Å². The molecule has 298 valence electrons. The molecule has 0 aromatic carbocycles. The van der Waals surface area contributed by atoms with E-state index in [9.17, 15) is 30.3 Å². The van der Waals surface area contributed by atoms with Gasteiger partial charge in [-0.3, -0.25) is 4.79 Å². The Morgan fingerprint density at radius 1 is 1.06 bits per heavy atom. The Morgan fingerprint density at radius 3 is 2.55 bits per heavy atom. The maximum absolute atomic E-state index is 14.4. The molecule has 0 amide bonds. The number of fused-ring (bicyclic) bond motifs is 5. The van der Waals surface area contributed by atoms with Crippen molar-refractivity contribution in [3.05, 3.63) is 35.6 Å². The average molecular weight is 739 g/mol. The average Bonchev–Trinajstić information content (AvgIpc) is 3.68. The molecule has 7 aliphatic rings. The number of carbonyl (C=O) groups is 1. The second kappa shape index (κ2) is 15.4. The number of aliphatic hydroxyl groups excluding tert-OH is 3. The minimum atomic E-state index is -1.51. The molecule has 2 aliphatic heterocycles. The van der Waals surface area contributed by atoms with Crippen LogP contribution >= 0.6 is 0 Å². The van der Waals surface area contributed by atoms with E-state index in [0.717, 1.165) is 62.5 Å². The lowest BCUT2D eigenvalue weighted by atomic mass is 9.41. The van der Waals surface area contributed by atoms with Crippen LogP contribution in [-0.2, 0) is 9.53 Å². The predicted octanol–water partition coefficient (Wildman–Crippen LogP) is 5.57. The molecule has 0 aromatic rings. The van der Waals surface area contributed by atoms with Gasteiger partial charge in [0, 0.05) is 17.5 Å². The molecule has 9 nitrogen and oxygen atoms in total. The Bertz CT molecular complexity index is 1420. The number of hydrogen-bond donors (Lipinski definition) is 7. The highest BCUT2D eigenvalue weighted by atomic mass is 16.5. The molecule has 2 heterocycles. The highest BCUT2D eigenvalue weighted by molar-refractivity contribution is 5.95.